The second kappa shape index (κ2) is 9.93. The van der Waals surface area contributed by atoms with Gasteiger partial charge in [-0.1, -0.05) is 24.6 Å². The lowest BCUT2D eigenvalue weighted by atomic mass is 10.0. The Kier molecular flexibility index (Phi) is 9.35. The Morgan fingerprint density at radius 1 is 1.22 bits per heavy atom. The molecule has 2 nitrogen and oxygen atoms in total. The highest BCUT2D eigenvalue weighted by Gasteiger charge is 2.04. The molecule has 0 rings (SSSR count). The Bertz CT molecular complexity index is 283. The summed E-state index contributed by atoms with van der Waals surface area (Å²) < 4.78 is 0. The maximum atomic E-state index is 11.7. The molecule has 0 bridgehead atoms. The molecule has 0 N–H and O–H groups in total. The molecule has 0 aromatic carbocycles. The number of hydrogen-bond acceptors (Lipinski definition) is 1. The maximum Gasteiger partial charge on any atom is 0.246 e. The summed E-state index contributed by atoms with van der Waals surface area (Å²) in [6.07, 6.45) is 9.35. The maximum absolute atomic E-state index is 11.7. The van der Waals surface area contributed by atoms with Gasteiger partial charge in [0.25, 0.3) is 0 Å². The first-order valence-corrected chi connectivity index (χ1v) is 7.10. The highest BCUT2D eigenvalue weighted by molar-refractivity contribution is 5.87. The van der Waals surface area contributed by atoms with Gasteiger partial charge >= 0.3 is 0 Å². The number of carbonyl (C=O) groups excluding carboxylic acids is 1. The molecule has 0 saturated heterocycles. The number of rotatable bonds is 8. The summed E-state index contributed by atoms with van der Waals surface area (Å²) in [7, 11) is 0. The zero-order valence-corrected chi connectivity index (χ0v) is 12.7. The largest absolute Gasteiger partial charge is 0.340 e. The van der Waals surface area contributed by atoms with E-state index in [1.54, 1.807) is 6.08 Å². The number of likely N-dealkylation sites (N-methyl/N-ethyl adjacent to an activating group) is 1. The molecule has 0 aromatic heterocycles. The smallest absolute Gasteiger partial charge is 0.246 e. The first-order valence-electron chi connectivity index (χ1n) is 7.10. The van der Waals surface area contributed by atoms with Gasteiger partial charge in [-0.15, -0.1) is 0 Å². The van der Waals surface area contributed by atoms with E-state index in [9.17, 15) is 4.79 Å². The van der Waals surface area contributed by atoms with E-state index >= 15 is 0 Å². The molecule has 0 saturated carbocycles. The van der Waals surface area contributed by atoms with Crippen LogP contribution in [0.2, 0.25) is 0 Å². The zero-order valence-electron chi connectivity index (χ0n) is 12.7. The normalized spacial score (nSPS) is 12.5. The van der Waals surface area contributed by atoms with E-state index in [4.69, 9.17) is 0 Å². The summed E-state index contributed by atoms with van der Waals surface area (Å²) >= 11 is 0. The van der Waals surface area contributed by atoms with Gasteiger partial charge in [-0.05, 0) is 59.0 Å². The van der Waals surface area contributed by atoms with Gasteiger partial charge in [-0.25, -0.2) is 0 Å². The molecular formula is C16H29NO. The van der Waals surface area contributed by atoms with Crippen molar-refractivity contribution in [3.05, 3.63) is 23.8 Å². The van der Waals surface area contributed by atoms with Crippen LogP contribution in [0.15, 0.2) is 23.8 Å². The van der Waals surface area contributed by atoms with Crippen molar-refractivity contribution in [3.8, 4) is 0 Å². The van der Waals surface area contributed by atoms with Crippen LogP contribution in [-0.4, -0.2) is 23.9 Å². The van der Waals surface area contributed by atoms with Crippen molar-refractivity contribution in [1.82, 2.24) is 4.90 Å². The molecule has 1 amide bonds. The number of hydrogen-bond donors (Lipinski definition) is 0. The van der Waals surface area contributed by atoms with Crippen LogP contribution in [-0.2, 0) is 4.79 Å². The van der Waals surface area contributed by atoms with Crippen molar-refractivity contribution in [2.75, 3.05) is 13.1 Å². The lowest BCUT2D eigenvalue weighted by Crippen LogP contribution is -2.28. The number of carbonyl (C=O) groups is 1. The van der Waals surface area contributed by atoms with Crippen LogP contribution in [0.4, 0.5) is 0 Å². The van der Waals surface area contributed by atoms with Crippen molar-refractivity contribution in [2.45, 2.75) is 53.9 Å². The molecular weight excluding hydrogens is 222 g/mol. The molecule has 0 spiro atoms. The van der Waals surface area contributed by atoms with E-state index in [1.165, 1.54) is 12.0 Å². The van der Waals surface area contributed by atoms with E-state index < -0.39 is 0 Å². The van der Waals surface area contributed by atoms with Crippen LogP contribution in [0.25, 0.3) is 0 Å². The third kappa shape index (κ3) is 8.10. The van der Waals surface area contributed by atoms with E-state index in [1.807, 2.05) is 24.8 Å². The molecule has 0 heterocycles. The van der Waals surface area contributed by atoms with Crippen LogP contribution < -0.4 is 0 Å². The molecule has 0 aromatic rings. The third-order valence-corrected chi connectivity index (χ3v) is 3.09. The van der Waals surface area contributed by atoms with E-state index in [0.717, 1.165) is 25.9 Å². The molecule has 0 aliphatic heterocycles. The van der Waals surface area contributed by atoms with E-state index in [0.29, 0.717) is 5.92 Å². The van der Waals surface area contributed by atoms with Gasteiger partial charge in [0.05, 0.1) is 0 Å². The van der Waals surface area contributed by atoms with Crippen LogP contribution in [0.5, 0.6) is 0 Å². The average Bonchev–Trinajstić information content (AvgIpc) is 2.30. The summed E-state index contributed by atoms with van der Waals surface area (Å²) in [5.74, 6) is 0.776. The average molecular weight is 251 g/mol. The van der Waals surface area contributed by atoms with E-state index in [-0.39, 0.29) is 5.91 Å². The first kappa shape index (κ1) is 16.9. The molecule has 0 aliphatic carbocycles. The lowest BCUT2D eigenvalue weighted by molar-refractivity contribution is -0.125. The number of amides is 1. The molecule has 0 radical (unpaired) electrons. The molecule has 0 aliphatic rings. The van der Waals surface area contributed by atoms with Gasteiger partial charge in [0.1, 0.15) is 0 Å². The molecule has 1 atom stereocenters. The van der Waals surface area contributed by atoms with Gasteiger partial charge < -0.3 is 4.90 Å². The quantitative estimate of drug-likeness (QED) is 0.468. The van der Waals surface area contributed by atoms with Crippen LogP contribution >= 0.6 is 0 Å². The molecule has 0 fully saturated rings. The van der Waals surface area contributed by atoms with Crippen molar-refractivity contribution >= 4 is 5.91 Å². The highest BCUT2D eigenvalue weighted by Crippen LogP contribution is 2.12. The Morgan fingerprint density at radius 2 is 1.83 bits per heavy atom. The minimum atomic E-state index is 0.136. The predicted molar refractivity (Wildman–Crippen MR) is 79.5 cm³/mol. The summed E-state index contributed by atoms with van der Waals surface area (Å²) in [6.45, 7) is 12.1. The minimum Gasteiger partial charge on any atom is -0.340 e. The van der Waals surface area contributed by atoms with Crippen LogP contribution in [0.3, 0.4) is 0 Å². The summed E-state index contributed by atoms with van der Waals surface area (Å²) in [6, 6.07) is 0. The Morgan fingerprint density at radius 3 is 2.33 bits per heavy atom. The molecule has 104 valence electrons. The van der Waals surface area contributed by atoms with Gasteiger partial charge in [0.2, 0.25) is 5.91 Å². The molecule has 2 heteroatoms. The molecule has 18 heavy (non-hydrogen) atoms. The minimum absolute atomic E-state index is 0.136. The first-order chi connectivity index (χ1) is 8.51. The highest BCUT2D eigenvalue weighted by atomic mass is 16.2. The number of allylic oxidation sites excluding steroid dienone is 3. The summed E-state index contributed by atoms with van der Waals surface area (Å²) in [4.78, 5) is 13.6. The van der Waals surface area contributed by atoms with Gasteiger partial charge in [-0.2, -0.15) is 0 Å². The van der Waals surface area contributed by atoms with Crippen LogP contribution in [0.1, 0.15) is 53.9 Å². The van der Waals surface area contributed by atoms with E-state index in [2.05, 4.69) is 26.8 Å². The van der Waals surface area contributed by atoms with Crippen molar-refractivity contribution in [3.63, 3.8) is 0 Å². The Balaban J connectivity index is 3.93. The molecule has 1 unspecified atom stereocenters. The summed E-state index contributed by atoms with van der Waals surface area (Å²) in [5, 5.41) is 0. The number of nitrogens with zero attached hydrogens (tertiary/aromatic N) is 1. The fourth-order valence-corrected chi connectivity index (χ4v) is 1.82. The second-order valence-electron chi connectivity index (χ2n) is 5.11. The van der Waals surface area contributed by atoms with Gasteiger partial charge in [0.15, 0.2) is 0 Å². The topological polar surface area (TPSA) is 20.3 Å². The SMILES string of the molecule is CCN(CC)C(=O)/C=C/CC(C)CCC=C(C)C. The standard InChI is InChI=1S/C16H29NO/c1-6-17(7-2)16(18)13-9-12-15(5)11-8-10-14(3)4/h9-10,13,15H,6-8,11-12H2,1-5H3/b13-9+. The van der Waals surface area contributed by atoms with Crippen molar-refractivity contribution in [1.29, 1.82) is 0 Å². The lowest BCUT2D eigenvalue weighted by Gasteiger charge is -2.16. The monoisotopic (exact) mass is 251 g/mol. The Hall–Kier alpha value is -1.05. The second-order valence-corrected chi connectivity index (χ2v) is 5.11. The Labute approximate surface area is 113 Å². The fraction of sp³-hybridized carbons (Fsp3) is 0.688. The summed E-state index contributed by atoms with van der Waals surface area (Å²) in [5.41, 5.74) is 1.38. The van der Waals surface area contributed by atoms with Crippen molar-refractivity contribution in [2.24, 2.45) is 5.92 Å². The third-order valence-electron chi connectivity index (χ3n) is 3.09. The van der Waals surface area contributed by atoms with Crippen molar-refractivity contribution < 1.29 is 4.79 Å². The fourth-order valence-electron chi connectivity index (χ4n) is 1.82. The predicted octanol–water partition coefficient (Wildman–Crippen LogP) is 4.18. The van der Waals surface area contributed by atoms with Gasteiger partial charge in [-0.3, -0.25) is 4.79 Å². The van der Waals surface area contributed by atoms with Gasteiger partial charge in [0, 0.05) is 13.1 Å². The zero-order chi connectivity index (χ0) is 14.0. The van der Waals surface area contributed by atoms with Crippen LogP contribution in [0, 0.1) is 5.92 Å².